The summed E-state index contributed by atoms with van der Waals surface area (Å²) in [6.07, 6.45) is 0. The fourth-order valence-corrected chi connectivity index (χ4v) is 11.9. The van der Waals surface area contributed by atoms with Gasteiger partial charge in [-0.15, -0.1) is 0 Å². The smallest absolute Gasteiger partial charge is 0.251 e. The highest BCUT2D eigenvalue weighted by Gasteiger charge is 2.47. The number of rotatable bonds is 8. The SMILES string of the molecule is Cc1cc(N)nc(C)c1CNC(=O)c1ccc2c(c1)C1c3cc(-c4ccc(F)cc4F)ccc3C2N1C.Cc1cc(N)nc(C)c1CNC(=O)c1ccc2c(c1)C1c3ccc(-c4ccc(F)cc4F)cc3C2N1C. The maximum atomic E-state index is 14.5. The number of hydrogen-bond donors (Lipinski definition) is 4. The van der Waals surface area contributed by atoms with Crippen molar-refractivity contribution in [1.82, 2.24) is 30.4 Å². The fraction of sp³-hybridized carbons (Fsp3) is 0.200. The Morgan fingerprint density at radius 1 is 0.473 bits per heavy atom. The zero-order valence-corrected chi connectivity index (χ0v) is 41.5. The van der Waals surface area contributed by atoms with Crippen LogP contribution in [0.4, 0.5) is 29.2 Å². The normalized spacial score (nSPS) is 17.5. The Morgan fingerprint density at radius 2 is 0.824 bits per heavy atom. The summed E-state index contributed by atoms with van der Waals surface area (Å²) in [5.41, 5.74) is 29.5. The number of nitrogen functional groups attached to an aromatic ring is 2. The number of hydrogen-bond acceptors (Lipinski definition) is 8. The van der Waals surface area contributed by atoms with Gasteiger partial charge in [-0.25, -0.2) is 27.5 Å². The Balaban J connectivity index is 0.000000159. The molecule has 2 amide bonds. The lowest BCUT2D eigenvalue weighted by Crippen LogP contribution is -2.24. The van der Waals surface area contributed by atoms with Gasteiger partial charge in [-0.05, 0) is 192 Å². The molecule has 0 aliphatic carbocycles. The molecule has 8 aromatic rings. The van der Waals surface area contributed by atoms with E-state index in [-0.39, 0.29) is 36.0 Å². The minimum absolute atomic E-state index is 0.0145. The van der Waals surface area contributed by atoms with E-state index in [1.54, 1.807) is 6.07 Å². The summed E-state index contributed by atoms with van der Waals surface area (Å²) in [5, 5.41) is 6.04. The van der Waals surface area contributed by atoms with Crippen LogP contribution in [0.2, 0.25) is 0 Å². The molecule has 14 heteroatoms. The Kier molecular flexibility index (Phi) is 11.9. The Morgan fingerprint density at radius 3 is 1.20 bits per heavy atom. The molecule has 0 spiro atoms. The number of benzene rings is 6. The van der Waals surface area contributed by atoms with Crippen LogP contribution in [0.25, 0.3) is 22.3 Å². The average molecular weight is 993 g/mol. The Labute approximate surface area is 426 Å². The van der Waals surface area contributed by atoms with Crippen LogP contribution < -0.4 is 22.1 Å². The summed E-state index contributed by atoms with van der Waals surface area (Å²) >= 11 is 0. The summed E-state index contributed by atoms with van der Waals surface area (Å²) in [6.45, 7) is 8.43. The van der Waals surface area contributed by atoms with Gasteiger partial charge in [-0.1, -0.05) is 36.4 Å². The van der Waals surface area contributed by atoms with Gasteiger partial charge in [-0.3, -0.25) is 19.4 Å². The number of nitrogens with zero attached hydrogens (tertiary/aromatic N) is 4. The number of carbonyl (C=O) groups is 2. The molecular weight excluding hydrogens is 941 g/mol. The van der Waals surface area contributed by atoms with Gasteiger partial charge in [0, 0.05) is 58.9 Å². The van der Waals surface area contributed by atoms with Crippen LogP contribution in [0.5, 0.6) is 0 Å². The molecule has 74 heavy (non-hydrogen) atoms. The van der Waals surface area contributed by atoms with Crippen LogP contribution >= 0.6 is 0 Å². The largest absolute Gasteiger partial charge is 0.384 e. The number of nitrogens with one attached hydrogen (secondary N) is 2. The third-order valence-electron chi connectivity index (χ3n) is 15.3. The number of pyridine rings is 2. The number of amides is 2. The molecule has 0 fully saturated rings. The Hall–Kier alpha value is -8.20. The van der Waals surface area contributed by atoms with Crippen LogP contribution in [0, 0.1) is 51.0 Å². The molecule has 0 saturated carbocycles. The molecular formula is C60H52F4N8O2. The number of aryl methyl sites for hydroxylation is 4. The van der Waals surface area contributed by atoms with Crippen molar-refractivity contribution in [2.75, 3.05) is 25.6 Å². The van der Waals surface area contributed by atoms with Gasteiger partial charge in [0.2, 0.25) is 0 Å². The molecule has 10 nitrogen and oxygen atoms in total. The van der Waals surface area contributed by atoms with Crippen molar-refractivity contribution in [1.29, 1.82) is 0 Å². The molecule has 4 unspecified atom stereocenters. The highest BCUT2D eigenvalue weighted by atomic mass is 19.1. The Bertz CT molecular complexity index is 3630. The van der Waals surface area contributed by atoms with E-state index in [1.807, 2.05) is 107 Å². The van der Waals surface area contributed by atoms with Crippen LogP contribution in [0.1, 0.15) is 123 Å². The lowest BCUT2D eigenvalue weighted by Gasteiger charge is -2.19. The van der Waals surface area contributed by atoms with E-state index < -0.39 is 23.3 Å². The van der Waals surface area contributed by atoms with E-state index in [0.717, 1.165) is 84.7 Å². The first-order valence-corrected chi connectivity index (χ1v) is 24.4. The first kappa shape index (κ1) is 48.1. The molecule has 4 atom stereocenters. The number of nitrogens with two attached hydrogens (primary N) is 2. The van der Waals surface area contributed by atoms with Crippen molar-refractivity contribution in [3.8, 4) is 22.3 Å². The first-order chi connectivity index (χ1) is 35.4. The van der Waals surface area contributed by atoms with Gasteiger partial charge < -0.3 is 22.1 Å². The standard InChI is InChI=1S/2C30H26F2N4O/c1-15-10-27(33)35-16(2)25(15)14-34-30(37)18-5-8-22-24(12-18)29-21-7-4-17(11-23(21)28(22)36(29)3)20-9-6-19(31)13-26(20)32;1-15-10-27(33)35-16(2)25(15)14-34-30(37)18-5-8-22-24(12-18)29-23-11-17(4-7-21(23)28(22)36(29)3)20-9-6-19(31)13-26(20)32/h2*4-13,28-29H,14H2,1-3H3,(H2,33,35)(H,34,37). The van der Waals surface area contributed by atoms with Crippen molar-refractivity contribution in [3.05, 3.63) is 234 Å². The molecule has 372 valence electrons. The zero-order valence-electron chi connectivity index (χ0n) is 41.5. The highest BCUT2D eigenvalue weighted by molar-refractivity contribution is 5.95. The van der Waals surface area contributed by atoms with Gasteiger partial charge in [0.15, 0.2) is 0 Å². The average Bonchev–Trinajstić information content (AvgIpc) is 4.01. The predicted molar refractivity (Wildman–Crippen MR) is 278 cm³/mol. The summed E-state index contributed by atoms with van der Waals surface area (Å²) in [6, 6.07) is 34.5. The van der Waals surface area contributed by atoms with Crippen LogP contribution in [-0.4, -0.2) is 45.7 Å². The minimum atomic E-state index is -0.598. The van der Waals surface area contributed by atoms with Gasteiger partial charge >= 0.3 is 0 Å². The van der Waals surface area contributed by atoms with Crippen molar-refractivity contribution in [3.63, 3.8) is 0 Å². The first-order valence-electron chi connectivity index (χ1n) is 24.4. The van der Waals surface area contributed by atoms with E-state index in [1.165, 1.54) is 35.4 Å². The second-order valence-electron chi connectivity index (χ2n) is 19.8. The number of carbonyl (C=O) groups excluding carboxylic acids is 2. The van der Waals surface area contributed by atoms with Gasteiger partial charge in [0.25, 0.3) is 11.8 Å². The second kappa shape index (κ2) is 18.4. The number of fused-ring (bicyclic) bond motifs is 16. The molecule has 4 aliphatic heterocycles. The van der Waals surface area contributed by atoms with Gasteiger partial charge in [-0.2, -0.15) is 0 Å². The molecule has 0 radical (unpaired) electrons. The summed E-state index contributed by atoms with van der Waals surface area (Å²) in [4.78, 5) is 39.3. The van der Waals surface area contributed by atoms with E-state index in [4.69, 9.17) is 11.5 Å². The number of halogens is 4. The molecule has 2 aromatic heterocycles. The van der Waals surface area contributed by atoms with Crippen molar-refractivity contribution < 1.29 is 27.2 Å². The lowest BCUT2D eigenvalue weighted by atomic mass is 9.83. The van der Waals surface area contributed by atoms with E-state index in [0.29, 0.717) is 52.5 Å². The van der Waals surface area contributed by atoms with E-state index in [2.05, 4.69) is 44.5 Å². The van der Waals surface area contributed by atoms with Gasteiger partial charge in [0.1, 0.15) is 34.9 Å². The summed E-state index contributed by atoms with van der Waals surface area (Å²) in [7, 11) is 4.12. The van der Waals surface area contributed by atoms with Gasteiger partial charge in [0.05, 0.1) is 24.2 Å². The minimum Gasteiger partial charge on any atom is -0.384 e. The lowest BCUT2D eigenvalue weighted by molar-refractivity contribution is 0.0942. The number of aromatic nitrogens is 2. The zero-order chi connectivity index (χ0) is 52.0. The monoisotopic (exact) mass is 992 g/mol. The molecule has 4 aliphatic rings. The molecule has 4 bridgehead atoms. The van der Waals surface area contributed by atoms with Crippen molar-refractivity contribution >= 4 is 23.5 Å². The van der Waals surface area contributed by atoms with Crippen LogP contribution in [0.15, 0.2) is 121 Å². The molecule has 6 heterocycles. The topological polar surface area (TPSA) is 142 Å². The maximum Gasteiger partial charge on any atom is 0.251 e. The number of anilines is 2. The van der Waals surface area contributed by atoms with Crippen molar-refractivity contribution in [2.45, 2.75) is 65.0 Å². The molecule has 6 N–H and O–H groups in total. The second-order valence-corrected chi connectivity index (χ2v) is 19.8. The third kappa shape index (κ3) is 8.14. The predicted octanol–water partition coefficient (Wildman–Crippen LogP) is 11.2. The van der Waals surface area contributed by atoms with E-state index >= 15 is 0 Å². The third-order valence-corrected chi connectivity index (χ3v) is 15.3. The van der Waals surface area contributed by atoms with Crippen molar-refractivity contribution in [2.24, 2.45) is 0 Å². The van der Waals surface area contributed by atoms with Crippen LogP contribution in [0.3, 0.4) is 0 Å². The summed E-state index contributed by atoms with van der Waals surface area (Å²) < 4.78 is 55.8. The quantitative estimate of drug-likeness (QED) is 0.110. The highest BCUT2D eigenvalue weighted by Crippen LogP contribution is 2.57. The van der Waals surface area contributed by atoms with Crippen LogP contribution in [-0.2, 0) is 13.1 Å². The maximum absolute atomic E-state index is 14.5. The van der Waals surface area contributed by atoms with E-state index in [9.17, 15) is 27.2 Å². The summed E-state index contributed by atoms with van der Waals surface area (Å²) in [5.74, 6) is -1.72. The fourth-order valence-electron chi connectivity index (χ4n) is 11.9. The molecule has 6 aromatic carbocycles. The molecule has 0 saturated heterocycles. The molecule has 12 rings (SSSR count).